The van der Waals surface area contributed by atoms with Crippen LogP contribution in [0.3, 0.4) is 0 Å². The lowest BCUT2D eigenvalue weighted by Crippen LogP contribution is -2.53. The second-order valence-corrected chi connectivity index (χ2v) is 12.6. The van der Waals surface area contributed by atoms with E-state index in [1.165, 1.54) is 11.3 Å². The van der Waals surface area contributed by atoms with Crippen LogP contribution in [-0.2, 0) is 16.1 Å². The molecule has 2 aliphatic heterocycles. The predicted molar refractivity (Wildman–Crippen MR) is 182 cm³/mol. The van der Waals surface area contributed by atoms with Gasteiger partial charge in [-0.2, -0.15) is 0 Å². The summed E-state index contributed by atoms with van der Waals surface area (Å²) in [5.74, 6) is -0.686. The van der Waals surface area contributed by atoms with Gasteiger partial charge < -0.3 is 35.1 Å². The Bertz CT molecular complexity index is 1610. The molecular formula is C37H43N5O4. The molecule has 3 N–H and O–H groups in total. The molecule has 0 saturated carbocycles. The van der Waals surface area contributed by atoms with Crippen LogP contribution in [0, 0.1) is 17.2 Å². The molecule has 2 unspecified atom stereocenters. The first-order chi connectivity index (χ1) is 22.3. The van der Waals surface area contributed by atoms with Crippen LogP contribution in [-0.4, -0.2) is 78.2 Å². The van der Waals surface area contributed by atoms with Crippen LogP contribution in [0.1, 0.15) is 42.4 Å². The number of likely N-dealkylation sites (tertiary alicyclic amines) is 1. The zero-order valence-electron chi connectivity index (χ0n) is 26.8. The largest absolute Gasteiger partial charge is 0.477 e. The molecule has 1 aromatic heterocycles. The Morgan fingerprint density at radius 2 is 1.80 bits per heavy atom. The number of allylic oxidation sites excluding steroid dienone is 2. The van der Waals surface area contributed by atoms with Gasteiger partial charge in [0, 0.05) is 54.8 Å². The van der Waals surface area contributed by atoms with Crippen molar-refractivity contribution in [3.63, 3.8) is 0 Å². The van der Waals surface area contributed by atoms with Gasteiger partial charge in [-0.15, -0.1) is 0 Å². The van der Waals surface area contributed by atoms with E-state index >= 15 is 0 Å². The highest BCUT2D eigenvalue weighted by atomic mass is 16.5. The van der Waals surface area contributed by atoms with Gasteiger partial charge in [-0.3, -0.25) is 0 Å². The molecule has 1 aliphatic carbocycles. The minimum absolute atomic E-state index is 0.0561. The van der Waals surface area contributed by atoms with E-state index in [2.05, 4.69) is 63.4 Å². The Morgan fingerprint density at radius 1 is 1.09 bits per heavy atom. The number of pyridine rings is 1. The van der Waals surface area contributed by atoms with E-state index in [0.717, 1.165) is 37.4 Å². The van der Waals surface area contributed by atoms with Crippen LogP contribution < -0.4 is 10.2 Å². The van der Waals surface area contributed by atoms with Gasteiger partial charge in [0.15, 0.2) is 5.69 Å². The number of aromatic carboxylic acids is 1. The molecular weight excluding hydrogens is 578 g/mol. The van der Waals surface area contributed by atoms with Crippen LogP contribution in [0.5, 0.6) is 0 Å². The van der Waals surface area contributed by atoms with Crippen molar-refractivity contribution in [1.82, 2.24) is 9.88 Å². The zero-order chi connectivity index (χ0) is 32.2. The number of hydrogen-bond acceptors (Lipinski definition) is 8. The second kappa shape index (κ2) is 13.9. The number of benzene rings is 2. The van der Waals surface area contributed by atoms with Crippen LogP contribution in [0.2, 0.25) is 0 Å². The smallest absolute Gasteiger partial charge is 0.354 e. The van der Waals surface area contributed by atoms with Crippen molar-refractivity contribution >= 4 is 23.2 Å². The standard InChI is InChI=1S/C37H43N5O4/c1-24(2)35(38)34-30(27-12-14-28(15-13-27)41-16-18-45-19-17-41)20-32(37(43)44)40-36(34)39-31-10-7-11-33(25(31)3)42-21-29(22-42)46-23-26-8-5-4-6-9-26/h4-15,20,24-25,29,31,38H,16-19,21-23H2,1-3H3,(H,39,40)(H,43,44). The number of hydrogen-bond donors (Lipinski definition) is 3. The second-order valence-electron chi connectivity index (χ2n) is 12.6. The Balaban J connectivity index is 1.23. The van der Waals surface area contributed by atoms with Crippen LogP contribution in [0.25, 0.3) is 11.1 Å². The molecule has 46 heavy (non-hydrogen) atoms. The molecule has 9 heteroatoms. The van der Waals surface area contributed by atoms with Gasteiger partial charge in [-0.05, 0) is 46.9 Å². The molecule has 0 radical (unpaired) electrons. The topological polar surface area (TPSA) is 111 Å². The van der Waals surface area contributed by atoms with Crippen LogP contribution in [0.4, 0.5) is 11.5 Å². The Morgan fingerprint density at radius 3 is 2.48 bits per heavy atom. The quantitative estimate of drug-likeness (QED) is 0.221. The van der Waals surface area contributed by atoms with E-state index < -0.39 is 5.97 Å². The third kappa shape index (κ3) is 6.85. The van der Waals surface area contributed by atoms with E-state index in [4.69, 9.17) is 14.9 Å². The van der Waals surface area contributed by atoms with E-state index in [0.29, 0.717) is 42.5 Å². The maximum atomic E-state index is 12.3. The molecule has 0 spiro atoms. The van der Waals surface area contributed by atoms with Gasteiger partial charge in [0.2, 0.25) is 0 Å². The van der Waals surface area contributed by atoms with Crippen LogP contribution in [0.15, 0.2) is 84.6 Å². The normalized spacial score (nSPS) is 20.0. The van der Waals surface area contributed by atoms with E-state index in [1.54, 1.807) is 6.07 Å². The van der Waals surface area contributed by atoms with Gasteiger partial charge in [0.1, 0.15) is 5.82 Å². The fraction of sp³-hybridized carbons (Fsp3) is 0.378. The summed E-state index contributed by atoms with van der Waals surface area (Å²) in [5.41, 5.74) is 5.99. The lowest BCUT2D eigenvalue weighted by Gasteiger charge is -2.45. The third-order valence-electron chi connectivity index (χ3n) is 9.08. The van der Waals surface area contributed by atoms with Gasteiger partial charge in [0.05, 0.1) is 32.0 Å². The van der Waals surface area contributed by atoms with Crippen molar-refractivity contribution < 1.29 is 19.4 Å². The summed E-state index contributed by atoms with van der Waals surface area (Å²) in [6.07, 6.45) is 6.46. The average molecular weight is 622 g/mol. The molecule has 240 valence electrons. The zero-order valence-corrected chi connectivity index (χ0v) is 26.8. The summed E-state index contributed by atoms with van der Waals surface area (Å²) in [6.45, 7) is 11.4. The van der Waals surface area contributed by atoms with Crippen molar-refractivity contribution in [3.05, 3.63) is 101 Å². The number of ether oxygens (including phenoxy) is 2. The lowest BCUT2D eigenvalue weighted by molar-refractivity contribution is -0.0521. The number of anilines is 2. The summed E-state index contributed by atoms with van der Waals surface area (Å²) in [5, 5.41) is 22.8. The third-order valence-corrected chi connectivity index (χ3v) is 9.08. The molecule has 6 rings (SSSR count). The molecule has 2 atom stereocenters. The van der Waals surface area contributed by atoms with Crippen LogP contribution >= 0.6 is 0 Å². The molecule has 3 heterocycles. The number of nitrogens with zero attached hydrogens (tertiary/aromatic N) is 3. The van der Waals surface area contributed by atoms with Gasteiger partial charge >= 0.3 is 5.97 Å². The minimum Gasteiger partial charge on any atom is -0.477 e. The number of carboxylic acids is 1. The highest BCUT2D eigenvalue weighted by molar-refractivity contribution is 6.10. The molecule has 2 saturated heterocycles. The fourth-order valence-corrected chi connectivity index (χ4v) is 6.26. The van der Waals surface area contributed by atoms with E-state index in [1.807, 2.05) is 50.3 Å². The van der Waals surface area contributed by atoms with Gasteiger partial charge in [-0.25, -0.2) is 9.78 Å². The summed E-state index contributed by atoms with van der Waals surface area (Å²) in [6, 6.07) is 19.8. The number of nitrogens with one attached hydrogen (secondary N) is 2. The number of carbonyl (C=O) groups is 1. The van der Waals surface area contributed by atoms with Crippen molar-refractivity contribution in [1.29, 1.82) is 5.41 Å². The first kappa shape index (κ1) is 31.5. The molecule has 2 aromatic carbocycles. The summed E-state index contributed by atoms with van der Waals surface area (Å²) >= 11 is 0. The summed E-state index contributed by atoms with van der Waals surface area (Å²) < 4.78 is 11.6. The summed E-state index contributed by atoms with van der Waals surface area (Å²) in [7, 11) is 0. The van der Waals surface area contributed by atoms with Crippen molar-refractivity contribution in [2.75, 3.05) is 49.6 Å². The number of aromatic nitrogens is 1. The highest BCUT2D eigenvalue weighted by Crippen LogP contribution is 2.36. The van der Waals surface area contributed by atoms with Crippen molar-refractivity contribution in [2.45, 2.75) is 39.5 Å². The molecule has 3 aromatic rings. The highest BCUT2D eigenvalue weighted by Gasteiger charge is 2.34. The Hall–Kier alpha value is -4.47. The van der Waals surface area contributed by atoms with Crippen molar-refractivity contribution in [3.8, 4) is 11.1 Å². The van der Waals surface area contributed by atoms with Gasteiger partial charge in [0.25, 0.3) is 0 Å². The SMILES string of the molecule is CC(C)C(=N)c1c(-c2ccc(N3CCOCC3)cc2)cc(C(=O)O)nc1NC1C=CC=C(N2CC(OCc3ccccc3)C2)C1C. The maximum Gasteiger partial charge on any atom is 0.354 e. The Kier molecular flexibility index (Phi) is 9.51. The molecule has 9 nitrogen and oxygen atoms in total. The fourth-order valence-electron chi connectivity index (χ4n) is 6.26. The molecule has 0 bridgehead atoms. The van der Waals surface area contributed by atoms with E-state index in [-0.39, 0.29) is 29.7 Å². The minimum atomic E-state index is -1.10. The van der Waals surface area contributed by atoms with Gasteiger partial charge in [-0.1, -0.05) is 75.4 Å². The molecule has 0 amide bonds. The first-order valence-corrected chi connectivity index (χ1v) is 16.1. The Labute approximate surface area is 271 Å². The predicted octanol–water partition coefficient (Wildman–Crippen LogP) is 6.08. The molecule has 2 fully saturated rings. The number of morpholine rings is 1. The lowest BCUT2D eigenvalue weighted by atomic mass is 9.89. The summed E-state index contributed by atoms with van der Waals surface area (Å²) in [4.78, 5) is 21.5. The number of carboxylic acid groups (broad SMARTS) is 1. The average Bonchev–Trinajstić information content (AvgIpc) is 3.05. The maximum absolute atomic E-state index is 12.3. The first-order valence-electron chi connectivity index (χ1n) is 16.1. The monoisotopic (exact) mass is 621 g/mol. The molecule has 3 aliphatic rings. The van der Waals surface area contributed by atoms with Crippen molar-refractivity contribution in [2.24, 2.45) is 11.8 Å². The van der Waals surface area contributed by atoms with E-state index in [9.17, 15) is 9.90 Å². The number of rotatable bonds is 11.